The second-order valence-corrected chi connectivity index (χ2v) is 3.48. The van der Waals surface area contributed by atoms with Gasteiger partial charge in [-0.15, -0.1) is 0 Å². The Hall–Kier alpha value is -1.15. The number of nitrogens with two attached hydrogens (primary N) is 1. The topological polar surface area (TPSA) is 127 Å². The smallest absolute Gasteiger partial charge is 0.309 e. The van der Waals surface area contributed by atoms with Gasteiger partial charge in [-0.1, -0.05) is 0 Å². The number of amides is 2. The molecule has 0 aliphatic rings. The monoisotopic (exact) mass is 196 g/mol. The maximum atomic E-state index is 10.4. The van der Waals surface area contributed by atoms with Crippen molar-refractivity contribution in [1.29, 1.82) is 0 Å². The Kier molecular flexibility index (Phi) is 3.64. The summed E-state index contributed by atoms with van der Waals surface area (Å²) >= 11 is 0. The summed E-state index contributed by atoms with van der Waals surface area (Å²) in [6, 6.07) is 0. The molecule has 0 spiro atoms. The van der Waals surface area contributed by atoms with Crippen LogP contribution in [0.4, 0.5) is 0 Å². The summed E-state index contributed by atoms with van der Waals surface area (Å²) in [5.41, 5.74) is 4.52. The minimum atomic E-state index is -4.11. The van der Waals surface area contributed by atoms with Crippen molar-refractivity contribution in [2.75, 3.05) is 12.3 Å². The summed E-state index contributed by atoms with van der Waals surface area (Å²) in [6.07, 6.45) is 0. The maximum Gasteiger partial charge on any atom is 0.309 e. The fraction of sp³-hybridized carbons (Fsp3) is 0.500. The lowest BCUT2D eigenvalue weighted by Crippen LogP contribution is -2.38. The minimum Gasteiger partial charge on any atom is -0.361 e. The van der Waals surface area contributed by atoms with Gasteiger partial charge in [0, 0.05) is 6.54 Å². The van der Waals surface area contributed by atoms with Crippen LogP contribution in [-0.4, -0.2) is 37.1 Å². The number of primary amides is 1. The molecule has 0 bridgehead atoms. The van der Waals surface area contributed by atoms with E-state index in [0.717, 1.165) is 0 Å². The van der Waals surface area contributed by atoms with Gasteiger partial charge in [-0.2, -0.15) is 8.42 Å². The van der Waals surface area contributed by atoms with Crippen LogP contribution in [0, 0.1) is 0 Å². The SMILES string of the molecule is NC(=O)C(=O)NCCS(=O)(=O)O. The van der Waals surface area contributed by atoms with Gasteiger partial charge in [0.05, 0.1) is 5.75 Å². The van der Waals surface area contributed by atoms with Gasteiger partial charge < -0.3 is 11.1 Å². The third-order valence-electron chi connectivity index (χ3n) is 0.869. The zero-order valence-corrected chi connectivity index (χ0v) is 6.80. The highest BCUT2D eigenvalue weighted by molar-refractivity contribution is 7.85. The van der Waals surface area contributed by atoms with Crippen LogP contribution in [0.2, 0.25) is 0 Å². The summed E-state index contributed by atoms with van der Waals surface area (Å²) in [4.78, 5) is 20.4. The van der Waals surface area contributed by atoms with Gasteiger partial charge in [-0.3, -0.25) is 14.1 Å². The Morgan fingerprint density at radius 1 is 1.42 bits per heavy atom. The lowest BCUT2D eigenvalue weighted by molar-refractivity contribution is -0.137. The van der Waals surface area contributed by atoms with E-state index in [0.29, 0.717) is 0 Å². The highest BCUT2D eigenvalue weighted by Crippen LogP contribution is 1.78. The van der Waals surface area contributed by atoms with Crippen LogP contribution in [-0.2, 0) is 19.7 Å². The predicted molar refractivity (Wildman–Crippen MR) is 38.6 cm³/mol. The summed E-state index contributed by atoms with van der Waals surface area (Å²) < 4.78 is 28.3. The molecule has 0 heterocycles. The Labute approximate surface area is 68.7 Å². The Morgan fingerprint density at radius 3 is 2.25 bits per heavy atom. The third kappa shape index (κ3) is 5.62. The number of carbonyl (C=O) groups is 2. The molecule has 7 nitrogen and oxygen atoms in total. The van der Waals surface area contributed by atoms with E-state index < -0.39 is 27.7 Å². The quantitative estimate of drug-likeness (QED) is 0.339. The number of hydrogen-bond acceptors (Lipinski definition) is 4. The van der Waals surface area contributed by atoms with Crippen LogP contribution >= 0.6 is 0 Å². The summed E-state index contributed by atoms with van der Waals surface area (Å²) in [6.45, 7) is -0.347. The van der Waals surface area contributed by atoms with Gasteiger partial charge in [0.1, 0.15) is 0 Å². The van der Waals surface area contributed by atoms with Crippen LogP contribution in [0.1, 0.15) is 0 Å². The van der Waals surface area contributed by atoms with E-state index in [4.69, 9.17) is 4.55 Å². The molecular weight excluding hydrogens is 188 g/mol. The molecule has 0 aliphatic carbocycles. The fourth-order valence-electron chi connectivity index (χ4n) is 0.381. The second kappa shape index (κ2) is 4.02. The molecule has 0 saturated carbocycles. The highest BCUT2D eigenvalue weighted by atomic mass is 32.2. The summed E-state index contributed by atoms with van der Waals surface area (Å²) in [5.74, 6) is -2.93. The van der Waals surface area contributed by atoms with E-state index in [-0.39, 0.29) is 6.54 Å². The molecule has 0 aromatic heterocycles. The highest BCUT2D eigenvalue weighted by Gasteiger charge is 2.09. The fourth-order valence-corrected chi connectivity index (χ4v) is 0.741. The van der Waals surface area contributed by atoms with Crippen molar-refractivity contribution in [1.82, 2.24) is 5.32 Å². The van der Waals surface area contributed by atoms with E-state index in [1.165, 1.54) is 0 Å². The number of rotatable bonds is 3. The predicted octanol–water partition coefficient (Wildman–Crippen LogP) is -2.52. The Balaban J connectivity index is 3.73. The zero-order chi connectivity index (χ0) is 9.78. The van der Waals surface area contributed by atoms with Crippen molar-refractivity contribution in [3.63, 3.8) is 0 Å². The van der Waals surface area contributed by atoms with Gasteiger partial charge in [0.25, 0.3) is 10.1 Å². The van der Waals surface area contributed by atoms with Crippen molar-refractivity contribution >= 4 is 21.9 Å². The lowest BCUT2D eigenvalue weighted by Gasteiger charge is -1.98. The molecule has 0 atom stereocenters. The van der Waals surface area contributed by atoms with Crippen molar-refractivity contribution < 1.29 is 22.6 Å². The molecule has 0 aromatic rings. The first-order valence-electron chi connectivity index (χ1n) is 2.86. The van der Waals surface area contributed by atoms with Gasteiger partial charge in [0.2, 0.25) is 0 Å². The second-order valence-electron chi connectivity index (χ2n) is 1.91. The van der Waals surface area contributed by atoms with Crippen molar-refractivity contribution in [2.45, 2.75) is 0 Å². The zero-order valence-electron chi connectivity index (χ0n) is 5.98. The minimum absolute atomic E-state index is 0.347. The first kappa shape index (κ1) is 10.8. The van der Waals surface area contributed by atoms with Crippen LogP contribution in [0.5, 0.6) is 0 Å². The molecule has 4 N–H and O–H groups in total. The van der Waals surface area contributed by atoms with E-state index >= 15 is 0 Å². The molecule has 70 valence electrons. The van der Waals surface area contributed by atoms with Gasteiger partial charge in [0.15, 0.2) is 0 Å². The van der Waals surface area contributed by atoms with E-state index in [1.807, 2.05) is 5.32 Å². The number of carbonyl (C=O) groups excluding carboxylic acids is 2. The molecule has 0 saturated heterocycles. The largest absolute Gasteiger partial charge is 0.361 e. The first-order valence-corrected chi connectivity index (χ1v) is 4.46. The van der Waals surface area contributed by atoms with Crippen molar-refractivity contribution in [3.05, 3.63) is 0 Å². The molecular formula is C4H8N2O5S. The standard InChI is InChI=1S/C4H8N2O5S/c5-3(7)4(8)6-1-2-12(9,10)11/h1-2H2,(H2,5,7)(H,6,8)(H,9,10,11). The van der Waals surface area contributed by atoms with E-state index in [9.17, 15) is 18.0 Å². The molecule has 2 amide bonds. The van der Waals surface area contributed by atoms with Crippen LogP contribution in [0.25, 0.3) is 0 Å². The van der Waals surface area contributed by atoms with Crippen LogP contribution in [0.15, 0.2) is 0 Å². The summed E-state index contributed by atoms with van der Waals surface area (Å²) in [5, 5.41) is 1.89. The molecule has 8 heteroatoms. The molecule has 0 unspecified atom stereocenters. The van der Waals surface area contributed by atoms with Crippen molar-refractivity contribution in [3.8, 4) is 0 Å². The van der Waals surface area contributed by atoms with Crippen molar-refractivity contribution in [2.24, 2.45) is 5.73 Å². The molecule has 0 radical (unpaired) electrons. The summed E-state index contributed by atoms with van der Waals surface area (Å²) in [7, 11) is -4.11. The number of nitrogens with one attached hydrogen (secondary N) is 1. The normalized spacial score (nSPS) is 10.8. The molecule has 12 heavy (non-hydrogen) atoms. The Bertz CT molecular complexity index is 282. The molecule has 0 fully saturated rings. The lowest BCUT2D eigenvalue weighted by atomic mass is 10.5. The average molecular weight is 196 g/mol. The van der Waals surface area contributed by atoms with Crippen LogP contribution in [0.3, 0.4) is 0 Å². The average Bonchev–Trinajstić information content (AvgIpc) is 1.84. The van der Waals surface area contributed by atoms with Gasteiger partial charge in [-0.25, -0.2) is 0 Å². The van der Waals surface area contributed by atoms with Gasteiger partial charge in [-0.05, 0) is 0 Å². The maximum absolute atomic E-state index is 10.4. The molecule has 0 aliphatic heterocycles. The molecule has 0 aromatic carbocycles. The first-order chi connectivity index (χ1) is 5.33. The van der Waals surface area contributed by atoms with E-state index in [1.54, 1.807) is 0 Å². The van der Waals surface area contributed by atoms with Crippen LogP contribution < -0.4 is 11.1 Å². The number of hydrogen-bond donors (Lipinski definition) is 3. The molecule has 0 rings (SSSR count). The van der Waals surface area contributed by atoms with Gasteiger partial charge >= 0.3 is 11.8 Å². The van der Waals surface area contributed by atoms with E-state index in [2.05, 4.69) is 5.73 Å². The third-order valence-corrected chi connectivity index (χ3v) is 1.59. The Morgan fingerprint density at radius 2 is 1.92 bits per heavy atom.